The Labute approximate surface area is 222 Å². The number of carbonyl (C=O) groups excluding carboxylic acids is 1. The third-order valence-corrected chi connectivity index (χ3v) is 5.86. The van der Waals surface area contributed by atoms with Gasteiger partial charge in [0.2, 0.25) is 5.95 Å². The fourth-order valence-electron chi connectivity index (χ4n) is 3.65. The molecule has 2 aromatic carbocycles. The number of fused-ring (bicyclic) bond motifs is 1. The van der Waals surface area contributed by atoms with E-state index in [1.54, 1.807) is 31.5 Å². The van der Waals surface area contributed by atoms with Crippen molar-refractivity contribution in [1.82, 2.24) is 19.9 Å². The van der Waals surface area contributed by atoms with Crippen molar-refractivity contribution in [3.63, 3.8) is 0 Å². The number of nitrogens with one attached hydrogen (secondary N) is 2. The maximum atomic E-state index is 13.2. The number of ether oxygens (including phenoxy) is 2. The number of nitrogens with zero attached hydrogens (tertiary/aromatic N) is 5. The van der Waals surface area contributed by atoms with Gasteiger partial charge >= 0.3 is 6.18 Å². The van der Waals surface area contributed by atoms with Crippen molar-refractivity contribution in [1.29, 1.82) is 0 Å². The van der Waals surface area contributed by atoms with Gasteiger partial charge in [-0.15, -0.1) is 0 Å². The van der Waals surface area contributed by atoms with E-state index in [-0.39, 0.29) is 17.0 Å². The molecule has 0 fully saturated rings. The lowest BCUT2D eigenvalue weighted by molar-refractivity contribution is -0.137. The Hall–Kier alpha value is -4.52. The quantitative estimate of drug-likeness (QED) is 0.307. The number of hydrogen-bond acceptors (Lipinski definition) is 9. The number of likely N-dealkylation sites (N-methyl/N-ethyl adjacent to an activating group) is 1. The molecule has 2 aromatic heterocycles. The van der Waals surface area contributed by atoms with Gasteiger partial charge in [-0.2, -0.15) is 13.2 Å². The number of aryl methyl sites for hydroxylation is 1. The van der Waals surface area contributed by atoms with Crippen LogP contribution < -0.4 is 20.3 Å². The van der Waals surface area contributed by atoms with E-state index in [0.717, 1.165) is 23.8 Å². The van der Waals surface area contributed by atoms with E-state index in [2.05, 4.69) is 30.6 Å². The van der Waals surface area contributed by atoms with Crippen molar-refractivity contribution in [2.24, 2.45) is 0 Å². The van der Waals surface area contributed by atoms with Crippen LogP contribution in [0.5, 0.6) is 5.75 Å². The summed E-state index contributed by atoms with van der Waals surface area (Å²) in [6.07, 6.45) is -1.61. The molecular weight excluding hydrogens is 515 g/mol. The molecule has 2 N–H and O–H groups in total. The molecule has 0 atom stereocenters. The molecular formula is C26H26F3N7O3. The SMILES string of the molecule is COCCN(C)c1ncc2ncnc(Nc3cc(C(=O)Nc4cc(C(F)(F)F)ccc4OC)ccc3C)c2n1. The normalized spacial score (nSPS) is 11.4. The highest BCUT2D eigenvalue weighted by Crippen LogP contribution is 2.35. The molecule has 0 spiro atoms. The highest BCUT2D eigenvalue weighted by Gasteiger charge is 2.31. The molecule has 4 aromatic rings. The predicted molar refractivity (Wildman–Crippen MR) is 141 cm³/mol. The van der Waals surface area contributed by atoms with E-state index in [1.165, 1.54) is 13.4 Å². The summed E-state index contributed by atoms with van der Waals surface area (Å²) in [6, 6.07) is 7.73. The van der Waals surface area contributed by atoms with Gasteiger partial charge < -0.3 is 25.0 Å². The summed E-state index contributed by atoms with van der Waals surface area (Å²) in [5.41, 5.74) is 1.52. The number of halogens is 3. The second kappa shape index (κ2) is 11.5. The maximum absolute atomic E-state index is 13.2. The maximum Gasteiger partial charge on any atom is 0.416 e. The van der Waals surface area contributed by atoms with E-state index < -0.39 is 17.6 Å². The fourth-order valence-corrected chi connectivity index (χ4v) is 3.65. The Kier molecular flexibility index (Phi) is 8.10. The van der Waals surface area contributed by atoms with Crippen LogP contribution >= 0.6 is 0 Å². The molecule has 0 aliphatic heterocycles. The van der Waals surface area contributed by atoms with Gasteiger partial charge in [-0.1, -0.05) is 6.07 Å². The van der Waals surface area contributed by atoms with Crippen molar-refractivity contribution in [3.8, 4) is 5.75 Å². The molecule has 10 nitrogen and oxygen atoms in total. The van der Waals surface area contributed by atoms with E-state index in [4.69, 9.17) is 9.47 Å². The van der Waals surface area contributed by atoms with Gasteiger partial charge in [-0.05, 0) is 42.8 Å². The van der Waals surface area contributed by atoms with Gasteiger partial charge in [0.1, 0.15) is 23.1 Å². The smallest absolute Gasteiger partial charge is 0.416 e. The van der Waals surface area contributed by atoms with Crippen molar-refractivity contribution >= 4 is 40.1 Å². The first kappa shape index (κ1) is 27.5. The summed E-state index contributed by atoms with van der Waals surface area (Å²) in [5.74, 6) is 0.328. The third kappa shape index (κ3) is 6.32. The van der Waals surface area contributed by atoms with Gasteiger partial charge in [0.25, 0.3) is 5.91 Å². The molecule has 204 valence electrons. The zero-order chi connectivity index (χ0) is 28.2. The summed E-state index contributed by atoms with van der Waals surface area (Å²) < 4.78 is 49.9. The van der Waals surface area contributed by atoms with Gasteiger partial charge in [-0.3, -0.25) is 4.79 Å². The fraction of sp³-hybridized carbons (Fsp3) is 0.269. The summed E-state index contributed by atoms with van der Waals surface area (Å²) in [7, 11) is 4.75. The number of aromatic nitrogens is 4. The monoisotopic (exact) mass is 541 g/mol. The van der Waals surface area contributed by atoms with E-state index in [1.807, 2.05) is 18.9 Å². The molecule has 4 rings (SSSR count). The molecule has 0 radical (unpaired) electrons. The minimum Gasteiger partial charge on any atom is -0.495 e. The van der Waals surface area contributed by atoms with Crippen LogP contribution in [0, 0.1) is 6.92 Å². The average molecular weight is 542 g/mol. The van der Waals surface area contributed by atoms with Crippen molar-refractivity contribution < 1.29 is 27.4 Å². The first-order valence-corrected chi connectivity index (χ1v) is 11.7. The first-order chi connectivity index (χ1) is 18.6. The van der Waals surface area contributed by atoms with Crippen molar-refractivity contribution in [2.75, 3.05) is 50.0 Å². The van der Waals surface area contributed by atoms with Crippen LogP contribution in [0.1, 0.15) is 21.5 Å². The molecule has 0 aliphatic rings. The summed E-state index contributed by atoms with van der Waals surface area (Å²) in [5, 5.41) is 5.71. The average Bonchev–Trinajstić information content (AvgIpc) is 2.92. The number of rotatable bonds is 9. The van der Waals surface area contributed by atoms with Crippen LogP contribution in [-0.4, -0.2) is 60.3 Å². The lowest BCUT2D eigenvalue weighted by atomic mass is 10.1. The van der Waals surface area contributed by atoms with Crippen LogP contribution in [0.15, 0.2) is 48.9 Å². The number of anilines is 4. The van der Waals surface area contributed by atoms with E-state index in [9.17, 15) is 18.0 Å². The molecule has 1 amide bonds. The van der Waals surface area contributed by atoms with Crippen molar-refractivity contribution in [2.45, 2.75) is 13.1 Å². The van der Waals surface area contributed by atoms with Gasteiger partial charge in [-0.25, -0.2) is 19.9 Å². The zero-order valence-electron chi connectivity index (χ0n) is 21.6. The Balaban J connectivity index is 1.63. The summed E-state index contributed by atoms with van der Waals surface area (Å²) in [6.45, 7) is 2.91. The topological polar surface area (TPSA) is 114 Å². The second-order valence-corrected chi connectivity index (χ2v) is 8.56. The number of benzene rings is 2. The number of amides is 1. The van der Waals surface area contributed by atoms with Gasteiger partial charge in [0.05, 0.1) is 31.2 Å². The molecule has 39 heavy (non-hydrogen) atoms. The highest BCUT2D eigenvalue weighted by molar-refractivity contribution is 6.06. The van der Waals surface area contributed by atoms with E-state index >= 15 is 0 Å². The van der Waals surface area contributed by atoms with Crippen LogP contribution in [0.4, 0.5) is 36.3 Å². The van der Waals surface area contributed by atoms with Gasteiger partial charge in [0, 0.05) is 32.0 Å². The third-order valence-electron chi connectivity index (χ3n) is 5.86. The Morgan fingerprint density at radius 1 is 1.05 bits per heavy atom. The molecule has 0 unspecified atom stereocenters. The number of methoxy groups -OCH3 is 2. The molecule has 0 saturated carbocycles. The minimum absolute atomic E-state index is 0.0974. The summed E-state index contributed by atoms with van der Waals surface area (Å²) in [4.78, 5) is 32.4. The second-order valence-electron chi connectivity index (χ2n) is 8.56. The van der Waals surface area contributed by atoms with E-state index in [0.29, 0.717) is 41.6 Å². The van der Waals surface area contributed by atoms with Crippen molar-refractivity contribution in [3.05, 3.63) is 65.6 Å². The summed E-state index contributed by atoms with van der Waals surface area (Å²) >= 11 is 0. The number of alkyl halides is 3. The molecule has 13 heteroatoms. The predicted octanol–water partition coefficient (Wildman–Crippen LogP) is 4.83. The molecule has 0 saturated heterocycles. The minimum atomic E-state index is -4.57. The molecule has 0 aliphatic carbocycles. The Morgan fingerprint density at radius 3 is 2.56 bits per heavy atom. The standard InChI is InChI=1S/C26H26F3N7O3/c1-15-5-6-16(24(37)34-19-12-17(26(27,28)29)7-8-21(19)39-4)11-18(15)33-23-22-20(31-14-32-23)13-30-25(35-22)36(2)9-10-38-3/h5-8,11-14H,9-10H2,1-4H3,(H,34,37)(H,31,32,33). The lowest BCUT2D eigenvalue weighted by Crippen LogP contribution is -2.24. The largest absolute Gasteiger partial charge is 0.495 e. The number of hydrogen-bond donors (Lipinski definition) is 2. The highest BCUT2D eigenvalue weighted by atomic mass is 19.4. The first-order valence-electron chi connectivity index (χ1n) is 11.7. The lowest BCUT2D eigenvalue weighted by Gasteiger charge is -2.17. The molecule has 0 bridgehead atoms. The van der Waals surface area contributed by atoms with Crippen LogP contribution in [0.2, 0.25) is 0 Å². The van der Waals surface area contributed by atoms with Gasteiger partial charge in [0.15, 0.2) is 5.82 Å². The Morgan fingerprint density at radius 2 is 1.85 bits per heavy atom. The Bertz CT molecular complexity index is 1500. The van der Waals surface area contributed by atoms with Crippen LogP contribution in [0.25, 0.3) is 11.0 Å². The van der Waals surface area contributed by atoms with Crippen LogP contribution in [-0.2, 0) is 10.9 Å². The molecule has 2 heterocycles. The van der Waals surface area contributed by atoms with Crippen LogP contribution in [0.3, 0.4) is 0 Å². The zero-order valence-corrected chi connectivity index (χ0v) is 21.6. The number of carbonyl (C=O) groups is 1.